The molecule has 0 atom stereocenters. The van der Waals surface area contributed by atoms with E-state index >= 15 is 0 Å². The molecule has 0 N–H and O–H groups in total. The summed E-state index contributed by atoms with van der Waals surface area (Å²) in [5.74, 6) is 0. The van der Waals surface area contributed by atoms with Gasteiger partial charge < -0.3 is 0 Å². The molecule has 1 heterocycles. The molecule has 0 aliphatic heterocycles. The van der Waals surface area contributed by atoms with Gasteiger partial charge >= 0.3 is 0 Å². The van der Waals surface area contributed by atoms with E-state index in [2.05, 4.69) is 43.1 Å². The zero-order valence-corrected chi connectivity index (χ0v) is 10.5. The fourth-order valence-electron chi connectivity index (χ4n) is 2.12. The van der Waals surface area contributed by atoms with Crippen LogP contribution < -0.4 is 0 Å². The van der Waals surface area contributed by atoms with E-state index in [9.17, 15) is 0 Å². The van der Waals surface area contributed by atoms with Crippen LogP contribution in [0.3, 0.4) is 0 Å². The number of aryl methyl sites for hydroxylation is 2. The van der Waals surface area contributed by atoms with Gasteiger partial charge in [0.1, 0.15) is 0 Å². The van der Waals surface area contributed by atoms with Crippen molar-refractivity contribution in [1.29, 1.82) is 0 Å². The molecule has 17 heavy (non-hydrogen) atoms. The van der Waals surface area contributed by atoms with Gasteiger partial charge in [-0.2, -0.15) is 0 Å². The summed E-state index contributed by atoms with van der Waals surface area (Å²) in [6.07, 6.45) is 0. The molecule has 1 nitrogen and oxygen atoms in total. The lowest BCUT2D eigenvalue weighted by Crippen LogP contribution is -1.86. The van der Waals surface area contributed by atoms with Crippen molar-refractivity contribution < 1.29 is 0 Å². The van der Waals surface area contributed by atoms with Crippen molar-refractivity contribution in [3.05, 3.63) is 52.5 Å². The maximum absolute atomic E-state index is 6.46. The molecule has 0 spiro atoms. The molecule has 84 valence electrons. The van der Waals surface area contributed by atoms with E-state index in [0.717, 1.165) is 26.8 Å². The van der Waals surface area contributed by atoms with Crippen LogP contribution in [0.1, 0.15) is 11.1 Å². The highest BCUT2D eigenvalue weighted by atomic mass is 35.5. The number of fused-ring (bicyclic) bond motifs is 2. The predicted octanol–water partition coefficient (Wildman–Crippen LogP) is 4.66. The number of benzene rings is 2. The minimum atomic E-state index is 0.800. The molecule has 0 fully saturated rings. The largest absolute Gasteiger partial charge is 0.248 e. The molecule has 0 saturated heterocycles. The van der Waals surface area contributed by atoms with E-state index in [0.29, 0.717) is 0 Å². The lowest BCUT2D eigenvalue weighted by Gasteiger charge is -2.06. The lowest BCUT2D eigenvalue weighted by atomic mass is 10.1. The van der Waals surface area contributed by atoms with Crippen LogP contribution in [0, 0.1) is 13.8 Å². The number of nitrogens with zero attached hydrogens (tertiary/aromatic N) is 1. The van der Waals surface area contributed by atoms with Crippen LogP contribution in [0.4, 0.5) is 0 Å². The molecule has 0 saturated carbocycles. The van der Waals surface area contributed by atoms with E-state index in [4.69, 9.17) is 11.6 Å². The number of halogens is 1. The zero-order chi connectivity index (χ0) is 12.0. The molecule has 0 bridgehead atoms. The summed E-state index contributed by atoms with van der Waals surface area (Å²) >= 11 is 6.46. The Kier molecular flexibility index (Phi) is 2.30. The predicted molar refractivity (Wildman–Crippen MR) is 73.7 cm³/mol. The highest BCUT2D eigenvalue weighted by Gasteiger charge is 2.07. The van der Waals surface area contributed by atoms with Gasteiger partial charge in [-0.25, -0.2) is 4.98 Å². The fraction of sp³-hybridized carbons (Fsp3) is 0.133. The van der Waals surface area contributed by atoms with Crippen LogP contribution in [0.25, 0.3) is 21.8 Å². The first-order chi connectivity index (χ1) is 8.15. The van der Waals surface area contributed by atoms with Gasteiger partial charge in [-0.1, -0.05) is 35.4 Å². The summed E-state index contributed by atoms with van der Waals surface area (Å²) in [5, 5.41) is 2.85. The van der Waals surface area contributed by atoms with Gasteiger partial charge in [0, 0.05) is 10.8 Å². The van der Waals surface area contributed by atoms with Crippen LogP contribution in [0.5, 0.6) is 0 Å². The average molecular weight is 242 g/mol. The summed E-state index contributed by atoms with van der Waals surface area (Å²) in [4.78, 5) is 4.66. The normalized spacial score (nSPS) is 11.2. The van der Waals surface area contributed by atoms with Gasteiger partial charge in [-0.3, -0.25) is 0 Å². The summed E-state index contributed by atoms with van der Waals surface area (Å²) in [7, 11) is 0. The number of hydrogen-bond acceptors (Lipinski definition) is 1. The summed E-state index contributed by atoms with van der Waals surface area (Å²) in [6, 6.07) is 12.4. The maximum Gasteiger partial charge on any atom is 0.0727 e. The molecule has 2 aromatic carbocycles. The first-order valence-corrected chi connectivity index (χ1v) is 5.99. The van der Waals surface area contributed by atoms with E-state index < -0.39 is 0 Å². The molecule has 0 radical (unpaired) electrons. The van der Waals surface area contributed by atoms with Crippen molar-refractivity contribution in [3.8, 4) is 0 Å². The van der Waals surface area contributed by atoms with Gasteiger partial charge in [0.15, 0.2) is 0 Å². The SMILES string of the molecule is Cc1ccc2c(Cl)c3cc(C)ccc3nc2c1. The highest BCUT2D eigenvalue weighted by Crippen LogP contribution is 2.31. The van der Waals surface area contributed by atoms with Crippen LogP contribution in [-0.4, -0.2) is 4.98 Å². The number of aromatic nitrogens is 1. The standard InChI is InChI=1S/C15H12ClN/c1-9-4-6-13-12(7-9)15(16)11-5-3-10(2)8-14(11)17-13/h3-8H,1-2H3. The zero-order valence-electron chi connectivity index (χ0n) is 9.79. The smallest absolute Gasteiger partial charge is 0.0727 e. The van der Waals surface area contributed by atoms with Crippen molar-refractivity contribution >= 4 is 33.4 Å². The highest BCUT2D eigenvalue weighted by molar-refractivity contribution is 6.40. The number of hydrogen-bond donors (Lipinski definition) is 0. The molecule has 0 amide bonds. The average Bonchev–Trinajstić information content (AvgIpc) is 2.30. The number of pyridine rings is 1. The Hall–Kier alpha value is -1.60. The summed E-state index contributed by atoms with van der Waals surface area (Å²) in [5.41, 5.74) is 4.32. The second-order valence-electron chi connectivity index (χ2n) is 4.47. The van der Waals surface area contributed by atoms with Crippen molar-refractivity contribution in [3.63, 3.8) is 0 Å². The van der Waals surface area contributed by atoms with Crippen LogP contribution >= 0.6 is 11.6 Å². The molecule has 0 unspecified atom stereocenters. The second kappa shape index (κ2) is 3.71. The maximum atomic E-state index is 6.46. The van der Waals surface area contributed by atoms with Crippen LogP contribution in [0.15, 0.2) is 36.4 Å². The van der Waals surface area contributed by atoms with Crippen molar-refractivity contribution in [2.45, 2.75) is 13.8 Å². The van der Waals surface area contributed by atoms with Crippen molar-refractivity contribution in [2.75, 3.05) is 0 Å². The van der Waals surface area contributed by atoms with Crippen molar-refractivity contribution in [1.82, 2.24) is 4.98 Å². The summed E-state index contributed by atoms with van der Waals surface area (Å²) < 4.78 is 0. The Bertz CT molecular complexity index is 732. The fourth-order valence-corrected chi connectivity index (χ4v) is 2.43. The van der Waals surface area contributed by atoms with E-state index in [1.807, 2.05) is 12.1 Å². The first-order valence-electron chi connectivity index (χ1n) is 5.61. The van der Waals surface area contributed by atoms with Gasteiger partial charge in [0.25, 0.3) is 0 Å². The minimum absolute atomic E-state index is 0.800. The molecule has 2 heteroatoms. The molecule has 3 aromatic rings. The summed E-state index contributed by atoms with van der Waals surface area (Å²) in [6.45, 7) is 4.13. The third-order valence-corrected chi connectivity index (χ3v) is 3.43. The van der Waals surface area contributed by atoms with Crippen molar-refractivity contribution in [2.24, 2.45) is 0 Å². The Morgan fingerprint density at radius 2 is 1.53 bits per heavy atom. The van der Waals surface area contributed by atoms with E-state index in [1.165, 1.54) is 11.1 Å². The molecule has 0 aliphatic rings. The lowest BCUT2D eigenvalue weighted by molar-refractivity contribution is 1.43. The van der Waals surface area contributed by atoms with E-state index in [1.54, 1.807) is 0 Å². The van der Waals surface area contributed by atoms with E-state index in [-0.39, 0.29) is 0 Å². The molecular formula is C15H12ClN. The Balaban J connectivity index is 2.52. The third kappa shape index (κ3) is 1.67. The number of rotatable bonds is 0. The molecule has 0 aliphatic carbocycles. The molecule has 3 rings (SSSR count). The van der Waals surface area contributed by atoms with Crippen LogP contribution in [-0.2, 0) is 0 Å². The monoisotopic (exact) mass is 241 g/mol. The van der Waals surface area contributed by atoms with Crippen LogP contribution in [0.2, 0.25) is 5.02 Å². The van der Waals surface area contributed by atoms with Gasteiger partial charge in [-0.15, -0.1) is 0 Å². The third-order valence-electron chi connectivity index (χ3n) is 3.02. The van der Waals surface area contributed by atoms with Gasteiger partial charge in [-0.05, 0) is 37.6 Å². The second-order valence-corrected chi connectivity index (χ2v) is 4.84. The Labute approximate surface area is 105 Å². The molecular weight excluding hydrogens is 230 g/mol. The quantitative estimate of drug-likeness (QED) is 0.522. The minimum Gasteiger partial charge on any atom is -0.248 e. The van der Waals surface area contributed by atoms with Gasteiger partial charge in [0.05, 0.1) is 16.1 Å². The topological polar surface area (TPSA) is 12.9 Å². The Morgan fingerprint density at radius 3 is 2.35 bits per heavy atom. The Morgan fingerprint density at radius 1 is 0.824 bits per heavy atom. The first kappa shape index (κ1) is 10.5. The van der Waals surface area contributed by atoms with Gasteiger partial charge in [0.2, 0.25) is 0 Å². The molecule has 1 aromatic heterocycles.